The molecule has 4 heteroatoms. The molecule has 2 aromatic heterocycles. The van der Waals surface area contributed by atoms with Crippen LogP contribution in [-0.4, -0.2) is 21.9 Å². The lowest BCUT2D eigenvalue weighted by molar-refractivity contribution is 1.19. The molecule has 0 unspecified atom stereocenters. The first-order valence-corrected chi connectivity index (χ1v) is 9.01. The molecule has 0 aliphatic carbocycles. The van der Waals surface area contributed by atoms with Crippen molar-refractivity contribution < 1.29 is 0 Å². The van der Waals surface area contributed by atoms with E-state index in [4.69, 9.17) is 9.98 Å². The molecule has 0 bridgehead atoms. The second kappa shape index (κ2) is 8.04. The predicted molar refractivity (Wildman–Crippen MR) is 113 cm³/mol. The van der Waals surface area contributed by atoms with Crippen LogP contribution in [0.5, 0.6) is 0 Å². The van der Waals surface area contributed by atoms with Gasteiger partial charge in [-0.15, -0.1) is 0 Å². The van der Waals surface area contributed by atoms with E-state index < -0.39 is 0 Å². The molecule has 0 saturated carbocycles. The number of hydrogen-bond acceptors (Lipinski definition) is 4. The van der Waals surface area contributed by atoms with Crippen molar-refractivity contribution in [3.05, 3.63) is 82.4 Å². The van der Waals surface area contributed by atoms with Crippen LogP contribution in [0.25, 0.3) is 0 Å². The van der Waals surface area contributed by atoms with Gasteiger partial charge in [0.15, 0.2) is 0 Å². The number of aliphatic imine (C=N–C) groups is 2. The molecule has 0 amide bonds. The number of hydrogen-bond donors (Lipinski definition) is 0. The summed E-state index contributed by atoms with van der Waals surface area (Å²) in [5.41, 5.74) is 9.20. The topological polar surface area (TPSA) is 50.5 Å². The fourth-order valence-corrected chi connectivity index (χ4v) is 3.02. The average Bonchev–Trinajstić information content (AvgIpc) is 2.71. The van der Waals surface area contributed by atoms with Crippen LogP contribution in [0, 0.1) is 27.7 Å². The fraction of sp³-hybridized carbons (Fsp3) is 0.217. The SMILES string of the molecule is CC(=Nc1c(C)c(C)c(N=Cc2ccccn2)c(C)c1C)c1ccccn1. The molecule has 0 spiro atoms. The van der Waals surface area contributed by atoms with Gasteiger partial charge in [-0.2, -0.15) is 0 Å². The van der Waals surface area contributed by atoms with Gasteiger partial charge < -0.3 is 0 Å². The van der Waals surface area contributed by atoms with Crippen LogP contribution in [0.2, 0.25) is 0 Å². The number of nitrogens with zero attached hydrogens (tertiary/aromatic N) is 4. The highest BCUT2D eigenvalue weighted by atomic mass is 14.8. The molecule has 0 aliphatic heterocycles. The quantitative estimate of drug-likeness (QED) is 0.571. The summed E-state index contributed by atoms with van der Waals surface area (Å²) in [6.45, 7) is 10.4. The Balaban J connectivity index is 2.05. The zero-order valence-corrected chi connectivity index (χ0v) is 16.5. The Bertz CT molecular complexity index is 975. The third-order valence-electron chi connectivity index (χ3n) is 4.87. The standard InChI is InChI=1S/C23H24N4/c1-15-17(3)23(27-19(5)21-11-7-9-13-25-21)18(4)16(2)22(15)26-14-20-10-6-8-12-24-20/h6-14H,1-5H3. The second-order valence-electron chi connectivity index (χ2n) is 6.62. The maximum absolute atomic E-state index is 4.90. The van der Waals surface area contributed by atoms with Gasteiger partial charge in [0.2, 0.25) is 0 Å². The van der Waals surface area contributed by atoms with E-state index in [1.165, 1.54) is 0 Å². The summed E-state index contributed by atoms with van der Waals surface area (Å²) in [7, 11) is 0. The Hall–Kier alpha value is -3.14. The van der Waals surface area contributed by atoms with Crippen molar-refractivity contribution in [1.82, 2.24) is 9.97 Å². The van der Waals surface area contributed by atoms with Gasteiger partial charge in [0.1, 0.15) is 0 Å². The van der Waals surface area contributed by atoms with Crippen molar-refractivity contribution in [1.29, 1.82) is 0 Å². The number of pyridine rings is 2. The summed E-state index contributed by atoms with van der Waals surface area (Å²) in [6, 6.07) is 11.7. The van der Waals surface area contributed by atoms with Crippen LogP contribution < -0.4 is 0 Å². The molecule has 3 rings (SSSR count). The normalized spacial score (nSPS) is 12.0. The maximum atomic E-state index is 4.90. The first kappa shape index (κ1) is 18.6. The summed E-state index contributed by atoms with van der Waals surface area (Å²) in [5.74, 6) is 0. The third-order valence-corrected chi connectivity index (χ3v) is 4.87. The zero-order chi connectivity index (χ0) is 19.4. The van der Waals surface area contributed by atoms with Gasteiger partial charge in [-0.1, -0.05) is 12.1 Å². The smallest absolute Gasteiger partial charge is 0.0841 e. The van der Waals surface area contributed by atoms with E-state index in [9.17, 15) is 0 Å². The minimum Gasteiger partial charge on any atom is -0.255 e. The Labute approximate surface area is 160 Å². The molecule has 27 heavy (non-hydrogen) atoms. The van der Waals surface area contributed by atoms with Crippen LogP contribution in [0.1, 0.15) is 40.6 Å². The van der Waals surface area contributed by atoms with E-state index in [-0.39, 0.29) is 0 Å². The molecule has 1 aromatic carbocycles. The molecule has 0 fully saturated rings. The van der Waals surface area contributed by atoms with Crippen LogP contribution in [0.4, 0.5) is 11.4 Å². The van der Waals surface area contributed by atoms with E-state index in [0.717, 1.165) is 50.7 Å². The lowest BCUT2D eigenvalue weighted by atomic mass is 9.96. The number of aromatic nitrogens is 2. The van der Waals surface area contributed by atoms with Gasteiger partial charge in [-0.3, -0.25) is 20.0 Å². The fourth-order valence-electron chi connectivity index (χ4n) is 3.02. The molecule has 136 valence electrons. The van der Waals surface area contributed by atoms with E-state index in [1.54, 1.807) is 12.4 Å². The molecular weight excluding hydrogens is 332 g/mol. The van der Waals surface area contributed by atoms with Gasteiger partial charge >= 0.3 is 0 Å². The van der Waals surface area contributed by atoms with Crippen molar-refractivity contribution in [3.63, 3.8) is 0 Å². The van der Waals surface area contributed by atoms with Gasteiger partial charge in [0, 0.05) is 12.4 Å². The Morgan fingerprint density at radius 3 is 1.93 bits per heavy atom. The molecule has 3 aromatic rings. The number of rotatable bonds is 4. The zero-order valence-electron chi connectivity index (χ0n) is 16.5. The molecule has 0 atom stereocenters. The minimum absolute atomic E-state index is 0.847. The summed E-state index contributed by atoms with van der Waals surface area (Å²) in [5, 5.41) is 0. The lowest BCUT2D eigenvalue weighted by Crippen LogP contribution is -1.99. The van der Waals surface area contributed by atoms with Gasteiger partial charge in [-0.05, 0) is 81.1 Å². The first-order valence-electron chi connectivity index (χ1n) is 9.01. The molecular formula is C23H24N4. The molecule has 0 radical (unpaired) electrons. The Kier molecular flexibility index (Phi) is 5.55. The largest absolute Gasteiger partial charge is 0.255 e. The maximum Gasteiger partial charge on any atom is 0.0841 e. The Morgan fingerprint density at radius 2 is 1.37 bits per heavy atom. The monoisotopic (exact) mass is 356 g/mol. The van der Waals surface area contributed by atoms with Gasteiger partial charge in [0.05, 0.1) is 34.7 Å². The summed E-state index contributed by atoms with van der Waals surface area (Å²) in [6.07, 6.45) is 5.38. The third kappa shape index (κ3) is 4.00. The summed E-state index contributed by atoms with van der Waals surface area (Å²) < 4.78 is 0. The second-order valence-corrected chi connectivity index (χ2v) is 6.62. The lowest BCUT2D eigenvalue weighted by Gasteiger charge is -2.16. The van der Waals surface area contributed by atoms with Crippen LogP contribution in [0.15, 0.2) is 58.8 Å². The highest BCUT2D eigenvalue weighted by Gasteiger charge is 2.14. The van der Waals surface area contributed by atoms with Crippen LogP contribution >= 0.6 is 0 Å². The molecule has 0 saturated heterocycles. The molecule has 2 heterocycles. The highest BCUT2D eigenvalue weighted by Crippen LogP contribution is 2.37. The van der Waals surface area contributed by atoms with E-state index in [1.807, 2.05) is 49.5 Å². The first-order chi connectivity index (χ1) is 13.0. The number of benzene rings is 1. The minimum atomic E-state index is 0.847. The van der Waals surface area contributed by atoms with Crippen LogP contribution in [0.3, 0.4) is 0 Å². The van der Waals surface area contributed by atoms with Crippen molar-refractivity contribution in [2.24, 2.45) is 9.98 Å². The van der Waals surface area contributed by atoms with Crippen molar-refractivity contribution >= 4 is 23.3 Å². The average molecular weight is 356 g/mol. The van der Waals surface area contributed by atoms with Gasteiger partial charge in [0.25, 0.3) is 0 Å². The molecule has 0 aliphatic rings. The molecule has 0 N–H and O–H groups in total. The van der Waals surface area contributed by atoms with Crippen molar-refractivity contribution in [2.45, 2.75) is 34.6 Å². The summed E-state index contributed by atoms with van der Waals surface area (Å²) in [4.78, 5) is 18.3. The Morgan fingerprint density at radius 1 is 0.778 bits per heavy atom. The van der Waals surface area contributed by atoms with Crippen molar-refractivity contribution in [2.75, 3.05) is 0 Å². The van der Waals surface area contributed by atoms with E-state index in [0.29, 0.717) is 0 Å². The van der Waals surface area contributed by atoms with Crippen molar-refractivity contribution in [3.8, 4) is 0 Å². The predicted octanol–water partition coefficient (Wildman–Crippen LogP) is 5.60. The highest BCUT2D eigenvalue weighted by molar-refractivity contribution is 5.99. The van der Waals surface area contributed by atoms with Crippen LogP contribution in [-0.2, 0) is 0 Å². The van der Waals surface area contributed by atoms with Gasteiger partial charge in [-0.25, -0.2) is 0 Å². The van der Waals surface area contributed by atoms with E-state index >= 15 is 0 Å². The summed E-state index contributed by atoms with van der Waals surface area (Å²) >= 11 is 0. The molecule has 4 nitrogen and oxygen atoms in total. The van der Waals surface area contributed by atoms with E-state index in [2.05, 4.69) is 37.7 Å².